The summed E-state index contributed by atoms with van der Waals surface area (Å²) in [4.78, 5) is 42.6. The topological polar surface area (TPSA) is 87.0 Å². The fourth-order valence-electron chi connectivity index (χ4n) is 3.70. The van der Waals surface area contributed by atoms with E-state index in [0.29, 0.717) is 31.4 Å². The molecule has 0 saturated carbocycles. The summed E-state index contributed by atoms with van der Waals surface area (Å²) in [7, 11) is 0. The number of hydrogen-bond acceptors (Lipinski definition) is 7. The third kappa shape index (κ3) is 4.73. The number of hydrogen-bond donors (Lipinski definition) is 0. The van der Waals surface area contributed by atoms with E-state index >= 15 is 0 Å². The fourth-order valence-corrected chi connectivity index (χ4v) is 4.87. The Morgan fingerprint density at radius 3 is 2.44 bits per heavy atom. The van der Waals surface area contributed by atoms with Gasteiger partial charge >= 0.3 is 11.9 Å². The molecule has 0 N–H and O–H groups in total. The van der Waals surface area contributed by atoms with Gasteiger partial charge in [-0.15, -0.1) is 0 Å². The summed E-state index contributed by atoms with van der Waals surface area (Å²) in [5.41, 5.74) is 2.01. The maximum absolute atomic E-state index is 13.5. The van der Waals surface area contributed by atoms with Crippen molar-refractivity contribution in [3.63, 3.8) is 0 Å². The van der Waals surface area contributed by atoms with E-state index in [9.17, 15) is 14.4 Å². The van der Waals surface area contributed by atoms with Gasteiger partial charge in [-0.2, -0.15) is 0 Å². The quantitative estimate of drug-likeness (QED) is 0.399. The first kappa shape index (κ1) is 23.7. The number of allylic oxidation sites excluding steroid dienone is 1. The first-order chi connectivity index (χ1) is 16.3. The van der Waals surface area contributed by atoms with E-state index in [1.807, 2.05) is 0 Å². The second kappa shape index (κ2) is 9.79. The molecule has 2 aromatic carbocycles. The standard InChI is InChI=1S/C25H21ClN2O5S/c1-4-32-24(31)21-14(2)27-25-28(22(21)17-7-9-18(26)10-8-17)23(30)20(34-25)13-16-5-11-19(12-6-16)33-15(3)29/h5-13,22H,4H2,1-3H3/b20-13+. The summed E-state index contributed by atoms with van der Waals surface area (Å²) in [5, 5.41) is 0.548. The molecule has 0 aliphatic carbocycles. The van der Waals surface area contributed by atoms with Gasteiger partial charge in [-0.05, 0) is 55.3 Å². The lowest BCUT2D eigenvalue weighted by atomic mass is 9.96. The van der Waals surface area contributed by atoms with Crippen molar-refractivity contribution >= 4 is 41.0 Å². The molecule has 0 amide bonds. The molecule has 0 radical (unpaired) electrons. The Hall–Kier alpha value is -3.49. The Morgan fingerprint density at radius 1 is 1.15 bits per heavy atom. The molecule has 2 heterocycles. The number of carbonyl (C=O) groups excluding carboxylic acids is 2. The molecule has 4 rings (SSSR count). The lowest BCUT2D eigenvalue weighted by molar-refractivity contribution is -0.139. The van der Waals surface area contributed by atoms with Gasteiger partial charge in [0.25, 0.3) is 5.56 Å². The SMILES string of the molecule is CCOC(=O)C1=C(C)N=c2s/c(=C/c3ccc(OC(C)=O)cc3)c(=O)n2C1c1ccc(Cl)cc1. The van der Waals surface area contributed by atoms with E-state index in [-0.39, 0.29) is 12.2 Å². The Labute approximate surface area is 204 Å². The highest BCUT2D eigenvalue weighted by Crippen LogP contribution is 2.31. The summed E-state index contributed by atoms with van der Waals surface area (Å²) < 4.78 is 12.3. The van der Waals surface area contributed by atoms with Crippen molar-refractivity contribution in [1.82, 2.24) is 4.57 Å². The predicted molar refractivity (Wildman–Crippen MR) is 130 cm³/mol. The molecule has 0 fully saturated rings. The van der Waals surface area contributed by atoms with Crippen LogP contribution in [-0.2, 0) is 14.3 Å². The number of halogens is 1. The maximum atomic E-state index is 13.5. The van der Waals surface area contributed by atoms with E-state index in [0.717, 1.165) is 11.1 Å². The van der Waals surface area contributed by atoms with Crippen molar-refractivity contribution < 1.29 is 19.1 Å². The Kier molecular flexibility index (Phi) is 6.81. The molecule has 1 unspecified atom stereocenters. The van der Waals surface area contributed by atoms with Gasteiger partial charge in [-0.25, -0.2) is 9.79 Å². The highest BCUT2D eigenvalue weighted by Gasteiger charge is 2.33. The van der Waals surface area contributed by atoms with E-state index in [1.165, 1.54) is 22.8 Å². The van der Waals surface area contributed by atoms with Gasteiger partial charge in [0.1, 0.15) is 5.75 Å². The first-order valence-electron chi connectivity index (χ1n) is 10.5. The number of rotatable bonds is 5. The van der Waals surface area contributed by atoms with Crippen molar-refractivity contribution in [2.24, 2.45) is 4.99 Å². The van der Waals surface area contributed by atoms with Crippen LogP contribution in [0.5, 0.6) is 5.75 Å². The second-order valence-corrected chi connectivity index (χ2v) is 8.96. The zero-order valence-corrected chi connectivity index (χ0v) is 20.3. The second-order valence-electron chi connectivity index (χ2n) is 7.52. The Morgan fingerprint density at radius 2 is 1.82 bits per heavy atom. The molecule has 7 nitrogen and oxygen atoms in total. The minimum absolute atomic E-state index is 0.205. The third-order valence-corrected chi connectivity index (χ3v) is 6.38. The normalized spacial score (nSPS) is 15.5. The van der Waals surface area contributed by atoms with Crippen molar-refractivity contribution in [2.75, 3.05) is 6.61 Å². The minimum Gasteiger partial charge on any atom is -0.463 e. The molecule has 9 heteroatoms. The summed E-state index contributed by atoms with van der Waals surface area (Å²) in [6.45, 7) is 5.00. The number of ether oxygens (including phenoxy) is 2. The van der Waals surface area contributed by atoms with Gasteiger partial charge in [0.05, 0.1) is 28.5 Å². The molecule has 34 heavy (non-hydrogen) atoms. The lowest BCUT2D eigenvalue weighted by Gasteiger charge is -2.24. The highest BCUT2D eigenvalue weighted by molar-refractivity contribution is 7.07. The van der Waals surface area contributed by atoms with Gasteiger partial charge in [0, 0.05) is 11.9 Å². The van der Waals surface area contributed by atoms with E-state index in [2.05, 4.69) is 4.99 Å². The number of fused-ring (bicyclic) bond motifs is 1. The van der Waals surface area contributed by atoms with Crippen molar-refractivity contribution in [2.45, 2.75) is 26.8 Å². The summed E-state index contributed by atoms with van der Waals surface area (Å²) >= 11 is 7.31. The van der Waals surface area contributed by atoms with E-state index in [1.54, 1.807) is 68.5 Å². The van der Waals surface area contributed by atoms with Crippen LogP contribution in [0.1, 0.15) is 37.9 Å². The van der Waals surface area contributed by atoms with Crippen LogP contribution in [0, 0.1) is 0 Å². The van der Waals surface area contributed by atoms with Crippen molar-refractivity contribution in [3.8, 4) is 5.75 Å². The molecule has 174 valence electrons. The monoisotopic (exact) mass is 496 g/mol. The van der Waals surface area contributed by atoms with Crippen LogP contribution in [-0.4, -0.2) is 23.1 Å². The highest BCUT2D eigenvalue weighted by atomic mass is 35.5. The first-order valence-corrected chi connectivity index (χ1v) is 11.7. The van der Waals surface area contributed by atoms with Crippen molar-refractivity contribution in [3.05, 3.63) is 95.6 Å². The largest absolute Gasteiger partial charge is 0.463 e. The molecule has 1 aliphatic heterocycles. The van der Waals surface area contributed by atoms with E-state index < -0.39 is 18.0 Å². The van der Waals surface area contributed by atoms with Gasteiger partial charge in [-0.3, -0.25) is 14.2 Å². The summed E-state index contributed by atoms with van der Waals surface area (Å²) in [6, 6.07) is 13.1. The third-order valence-electron chi connectivity index (χ3n) is 5.14. The number of aromatic nitrogens is 1. The van der Waals surface area contributed by atoms with Crippen LogP contribution in [0.3, 0.4) is 0 Å². The lowest BCUT2D eigenvalue weighted by Crippen LogP contribution is -2.39. The number of carbonyl (C=O) groups is 2. The average Bonchev–Trinajstić information content (AvgIpc) is 3.09. The van der Waals surface area contributed by atoms with Crippen LogP contribution in [0.15, 0.2) is 69.6 Å². The van der Waals surface area contributed by atoms with Crippen LogP contribution in [0.4, 0.5) is 0 Å². The zero-order chi connectivity index (χ0) is 24.4. The maximum Gasteiger partial charge on any atom is 0.338 e. The number of thiazole rings is 1. The molecular weight excluding hydrogens is 476 g/mol. The van der Waals surface area contributed by atoms with Crippen LogP contribution >= 0.6 is 22.9 Å². The average molecular weight is 497 g/mol. The van der Waals surface area contributed by atoms with Crippen LogP contribution in [0.25, 0.3) is 6.08 Å². The van der Waals surface area contributed by atoms with E-state index in [4.69, 9.17) is 21.1 Å². The molecule has 3 aromatic rings. The van der Waals surface area contributed by atoms with Crippen molar-refractivity contribution in [1.29, 1.82) is 0 Å². The fraction of sp³-hybridized carbons (Fsp3) is 0.200. The summed E-state index contributed by atoms with van der Waals surface area (Å²) in [6.07, 6.45) is 1.74. The molecule has 0 saturated heterocycles. The smallest absolute Gasteiger partial charge is 0.338 e. The molecular formula is C25H21ClN2O5S. The molecule has 1 aromatic heterocycles. The Bertz CT molecular complexity index is 1470. The van der Waals surface area contributed by atoms with Gasteiger partial charge < -0.3 is 9.47 Å². The van der Waals surface area contributed by atoms with Gasteiger partial charge in [0.2, 0.25) is 0 Å². The van der Waals surface area contributed by atoms with Crippen LogP contribution in [0.2, 0.25) is 5.02 Å². The predicted octanol–water partition coefficient (Wildman–Crippen LogP) is 3.38. The number of nitrogens with zero attached hydrogens (tertiary/aromatic N) is 2. The number of benzene rings is 2. The molecule has 1 atom stereocenters. The van der Waals surface area contributed by atoms with Gasteiger partial charge in [0.15, 0.2) is 4.80 Å². The molecule has 0 bridgehead atoms. The molecule has 1 aliphatic rings. The van der Waals surface area contributed by atoms with Gasteiger partial charge in [-0.1, -0.05) is 47.2 Å². The van der Waals surface area contributed by atoms with Crippen LogP contribution < -0.4 is 19.6 Å². The summed E-state index contributed by atoms with van der Waals surface area (Å²) in [5.74, 6) is -0.501. The number of esters is 2. The Balaban J connectivity index is 1.86. The zero-order valence-electron chi connectivity index (χ0n) is 18.7. The minimum atomic E-state index is -0.693. The molecule has 0 spiro atoms.